The van der Waals surface area contributed by atoms with E-state index in [4.69, 9.17) is 5.26 Å². The van der Waals surface area contributed by atoms with Crippen LogP contribution in [0, 0.1) is 17.2 Å². The number of anilines is 1. The zero-order chi connectivity index (χ0) is 12.0. The lowest BCUT2D eigenvalue weighted by atomic mass is 10.0. The molecule has 1 N–H and O–H groups in total. The summed E-state index contributed by atoms with van der Waals surface area (Å²) >= 11 is 0. The number of nitrogens with one attached hydrogen (secondary N) is 1. The van der Waals surface area contributed by atoms with Crippen molar-refractivity contribution >= 4 is 11.6 Å². The lowest BCUT2D eigenvalue weighted by Gasteiger charge is -2.12. The monoisotopic (exact) mass is 216 g/mol. The number of rotatable bonds is 4. The van der Waals surface area contributed by atoms with E-state index in [0.29, 0.717) is 11.3 Å². The predicted molar refractivity (Wildman–Crippen MR) is 63.9 cm³/mol. The predicted octanol–water partition coefficient (Wildman–Crippen LogP) is 2.93. The SMILES string of the molecule is CCC(CC)C(=O)Nc1cccc(C#N)c1. The molecule has 0 aliphatic heterocycles. The van der Waals surface area contributed by atoms with Gasteiger partial charge in [-0.2, -0.15) is 5.26 Å². The average molecular weight is 216 g/mol. The van der Waals surface area contributed by atoms with Gasteiger partial charge in [-0.15, -0.1) is 0 Å². The number of carbonyl (C=O) groups is 1. The van der Waals surface area contributed by atoms with Crippen molar-refractivity contribution in [2.45, 2.75) is 26.7 Å². The number of nitriles is 1. The lowest BCUT2D eigenvalue weighted by molar-refractivity contribution is -0.120. The van der Waals surface area contributed by atoms with Gasteiger partial charge in [-0.25, -0.2) is 0 Å². The minimum atomic E-state index is 0.0279. The first-order valence-electron chi connectivity index (χ1n) is 5.52. The van der Waals surface area contributed by atoms with E-state index in [9.17, 15) is 4.79 Å². The second-order valence-electron chi connectivity index (χ2n) is 3.70. The Morgan fingerprint density at radius 3 is 2.69 bits per heavy atom. The smallest absolute Gasteiger partial charge is 0.227 e. The molecule has 1 aromatic carbocycles. The Labute approximate surface area is 96.1 Å². The van der Waals surface area contributed by atoms with Crippen molar-refractivity contribution in [3.05, 3.63) is 29.8 Å². The van der Waals surface area contributed by atoms with Crippen LogP contribution in [-0.2, 0) is 4.79 Å². The molecule has 0 saturated carbocycles. The summed E-state index contributed by atoms with van der Waals surface area (Å²) < 4.78 is 0. The summed E-state index contributed by atoms with van der Waals surface area (Å²) in [6.45, 7) is 4.00. The van der Waals surface area contributed by atoms with Crippen molar-refractivity contribution in [3.8, 4) is 6.07 Å². The molecule has 1 amide bonds. The summed E-state index contributed by atoms with van der Waals surface area (Å²) in [4.78, 5) is 11.8. The van der Waals surface area contributed by atoms with Gasteiger partial charge >= 0.3 is 0 Å². The van der Waals surface area contributed by atoms with Crippen LogP contribution in [0.5, 0.6) is 0 Å². The highest BCUT2D eigenvalue weighted by atomic mass is 16.1. The van der Waals surface area contributed by atoms with E-state index in [2.05, 4.69) is 5.32 Å². The standard InChI is InChI=1S/C13H16N2O/c1-3-11(4-2)13(16)15-12-7-5-6-10(8-12)9-14/h5-8,11H,3-4H2,1-2H3,(H,15,16). The molecule has 3 heteroatoms. The number of benzene rings is 1. The van der Waals surface area contributed by atoms with Crippen LogP contribution < -0.4 is 5.32 Å². The molecule has 0 aliphatic carbocycles. The van der Waals surface area contributed by atoms with Gasteiger partial charge in [0, 0.05) is 11.6 Å². The Bertz CT molecular complexity index is 403. The first kappa shape index (κ1) is 12.3. The zero-order valence-corrected chi connectivity index (χ0v) is 9.66. The van der Waals surface area contributed by atoms with Gasteiger partial charge in [-0.05, 0) is 31.0 Å². The zero-order valence-electron chi connectivity index (χ0n) is 9.66. The van der Waals surface area contributed by atoms with Gasteiger partial charge in [0.05, 0.1) is 11.6 Å². The van der Waals surface area contributed by atoms with Gasteiger partial charge in [0.2, 0.25) is 5.91 Å². The molecule has 84 valence electrons. The van der Waals surface area contributed by atoms with Gasteiger partial charge in [0.1, 0.15) is 0 Å². The summed E-state index contributed by atoms with van der Waals surface area (Å²) in [6, 6.07) is 9.00. The maximum absolute atomic E-state index is 11.8. The number of nitrogens with zero attached hydrogens (tertiary/aromatic N) is 1. The molecule has 0 aliphatic rings. The largest absolute Gasteiger partial charge is 0.326 e. The fourth-order valence-electron chi connectivity index (χ4n) is 1.57. The van der Waals surface area contributed by atoms with E-state index in [-0.39, 0.29) is 11.8 Å². The summed E-state index contributed by atoms with van der Waals surface area (Å²) in [5.41, 5.74) is 1.25. The summed E-state index contributed by atoms with van der Waals surface area (Å²) in [5, 5.41) is 11.6. The Balaban J connectivity index is 2.73. The molecule has 3 nitrogen and oxygen atoms in total. The molecular formula is C13H16N2O. The van der Waals surface area contributed by atoms with E-state index in [1.807, 2.05) is 19.9 Å². The number of hydrogen-bond acceptors (Lipinski definition) is 2. The van der Waals surface area contributed by atoms with E-state index in [1.165, 1.54) is 0 Å². The van der Waals surface area contributed by atoms with E-state index >= 15 is 0 Å². The third-order valence-electron chi connectivity index (χ3n) is 2.62. The molecule has 0 unspecified atom stereocenters. The van der Waals surface area contributed by atoms with Crippen LogP contribution in [0.1, 0.15) is 32.3 Å². The molecule has 16 heavy (non-hydrogen) atoms. The second-order valence-corrected chi connectivity index (χ2v) is 3.70. The summed E-state index contributed by atoms with van der Waals surface area (Å²) in [6.07, 6.45) is 1.67. The molecule has 0 fully saturated rings. The van der Waals surface area contributed by atoms with Crippen LogP contribution in [0.2, 0.25) is 0 Å². The van der Waals surface area contributed by atoms with Crippen LogP contribution in [0.15, 0.2) is 24.3 Å². The van der Waals surface area contributed by atoms with Crippen molar-refractivity contribution in [2.75, 3.05) is 5.32 Å². The van der Waals surface area contributed by atoms with Crippen molar-refractivity contribution < 1.29 is 4.79 Å². The Morgan fingerprint density at radius 2 is 2.12 bits per heavy atom. The summed E-state index contributed by atoms with van der Waals surface area (Å²) in [5.74, 6) is 0.0748. The van der Waals surface area contributed by atoms with Crippen molar-refractivity contribution in [2.24, 2.45) is 5.92 Å². The van der Waals surface area contributed by atoms with E-state index in [0.717, 1.165) is 12.8 Å². The molecule has 0 spiro atoms. The van der Waals surface area contributed by atoms with Gasteiger partial charge in [0.15, 0.2) is 0 Å². The maximum atomic E-state index is 11.8. The molecule has 1 rings (SSSR count). The lowest BCUT2D eigenvalue weighted by Crippen LogP contribution is -2.21. The van der Waals surface area contributed by atoms with Gasteiger partial charge in [0.25, 0.3) is 0 Å². The highest BCUT2D eigenvalue weighted by Crippen LogP contribution is 2.14. The number of hydrogen-bond donors (Lipinski definition) is 1. The minimum absolute atomic E-state index is 0.0279. The molecule has 1 aromatic rings. The fourth-order valence-corrected chi connectivity index (χ4v) is 1.57. The molecule has 0 atom stereocenters. The first-order chi connectivity index (χ1) is 7.71. The number of carbonyl (C=O) groups excluding carboxylic acids is 1. The number of amides is 1. The first-order valence-corrected chi connectivity index (χ1v) is 5.52. The van der Waals surface area contributed by atoms with Crippen LogP contribution in [0.25, 0.3) is 0 Å². The molecule has 0 bridgehead atoms. The van der Waals surface area contributed by atoms with Crippen molar-refractivity contribution in [1.29, 1.82) is 5.26 Å². The highest BCUT2D eigenvalue weighted by molar-refractivity contribution is 5.92. The van der Waals surface area contributed by atoms with Crippen LogP contribution >= 0.6 is 0 Å². The normalized spacial score (nSPS) is 9.88. The Hall–Kier alpha value is -1.82. The maximum Gasteiger partial charge on any atom is 0.227 e. The van der Waals surface area contributed by atoms with Gasteiger partial charge in [-0.1, -0.05) is 19.9 Å². The van der Waals surface area contributed by atoms with Crippen LogP contribution in [-0.4, -0.2) is 5.91 Å². The van der Waals surface area contributed by atoms with Crippen LogP contribution in [0.3, 0.4) is 0 Å². The minimum Gasteiger partial charge on any atom is -0.326 e. The van der Waals surface area contributed by atoms with Crippen molar-refractivity contribution in [3.63, 3.8) is 0 Å². The van der Waals surface area contributed by atoms with Gasteiger partial charge < -0.3 is 5.32 Å². The van der Waals surface area contributed by atoms with E-state index < -0.39 is 0 Å². The topological polar surface area (TPSA) is 52.9 Å². The Kier molecular flexibility index (Phi) is 4.53. The molecule has 0 heterocycles. The highest BCUT2D eigenvalue weighted by Gasteiger charge is 2.13. The molecule has 0 saturated heterocycles. The summed E-state index contributed by atoms with van der Waals surface area (Å²) in [7, 11) is 0. The van der Waals surface area contributed by atoms with E-state index in [1.54, 1.807) is 24.3 Å². The second kappa shape index (κ2) is 5.92. The third-order valence-corrected chi connectivity index (χ3v) is 2.62. The third kappa shape index (κ3) is 3.09. The fraction of sp³-hybridized carbons (Fsp3) is 0.385. The van der Waals surface area contributed by atoms with Crippen molar-refractivity contribution in [1.82, 2.24) is 0 Å². The quantitative estimate of drug-likeness (QED) is 0.841. The molecule has 0 aromatic heterocycles. The molecule has 0 radical (unpaired) electrons. The van der Waals surface area contributed by atoms with Crippen LogP contribution in [0.4, 0.5) is 5.69 Å². The molecular weight excluding hydrogens is 200 g/mol. The Morgan fingerprint density at radius 1 is 1.44 bits per heavy atom. The van der Waals surface area contributed by atoms with Gasteiger partial charge in [-0.3, -0.25) is 4.79 Å². The average Bonchev–Trinajstić information content (AvgIpc) is 2.31.